The molecule has 0 spiro atoms. The van der Waals surface area contributed by atoms with E-state index in [-0.39, 0.29) is 23.9 Å². The fraction of sp³-hybridized carbons (Fsp3) is 0.826. The summed E-state index contributed by atoms with van der Waals surface area (Å²) in [7, 11) is 0. The summed E-state index contributed by atoms with van der Waals surface area (Å²) in [5, 5.41) is 19.7. The molecule has 0 aromatic rings. The van der Waals surface area contributed by atoms with Gasteiger partial charge in [-0.25, -0.2) is 4.79 Å². The number of rotatable bonds is 17. The summed E-state index contributed by atoms with van der Waals surface area (Å²) in [4.78, 5) is 23.1. The number of ether oxygens (including phenoxy) is 2. The Labute approximate surface area is 175 Å². The standard InChI is InChI=1S/C23H40O6/c1-3-4-5-6-7-8-9-10-11-12-13-14-15-16-20(25)28-17-19(24)22-21(26)18(2)23(27)29-22/h19,22,24,26H,3-17H2,1-2H3. The van der Waals surface area contributed by atoms with E-state index in [0.29, 0.717) is 6.42 Å². The van der Waals surface area contributed by atoms with Crippen molar-refractivity contribution in [2.24, 2.45) is 0 Å². The number of hydrogen-bond acceptors (Lipinski definition) is 6. The molecule has 1 aliphatic heterocycles. The molecule has 0 saturated carbocycles. The van der Waals surface area contributed by atoms with Crippen LogP contribution < -0.4 is 0 Å². The molecule has 168 valence electrons. The smallest absolute Gasteiger partial charge is 0.338 e. The van der Waals surface area contributed by atoms with Crippen LogP contribution in [0.5, 0.6) is 0 Å². The second-order valence-corrected chi connectivity index (χ2v) is 8.08. The fourth-order valence-electron chi connectivity index (χ4n) is 3.46. The van der Waals surface area contributed by atoms with Gasteiger partial charge in [0.1, 0.15) is 18.5 Å². The van der Waals surface area contributed by atoms with Crippen molar-refractivity contribution < 1.29 is 29.3 Å². The Kier molecular flexibility index (Phi) is 13.4. The lowest BCUT2D eigenvalue weighted by Crippen LogP contribution is -2.33. The maximum atomic E-state index is 11.8. The summed E-state index contributed by atoms with van der Waals surface area (Å²) in [5.41, 5.74) is 0.0763. The summed E-state index contributed by atoms with van der Waals surface area (Å²) in [6.45, 7) is 3.37. The molecule has 1 heterocycles. The molecule has 0 aromatic carbocycles. The largest absolute Gasteiger partial charge is 0.508 e. The molecule has 6 nitrogen and oxygen atoms in total. The molecule has 0 aromatic heterocycles. The summed E-state index contributed by atoms with van der Waals surface area (Å²) < 4.78 is 9.89. The van der Waals surface area contributed by atoms with E-state index < -0.39 is 18.2 Å². The minimum Gasteiger partial charge on any atom is -0.508 e. The van der Waals surface area contributed by atoms with E-state index in [9.17, 15) is 19.8 Å². The zero-order valence-electron chi connectivity index (χ0n) is 18.3. The molecule has 2 N–H and O–H groups in total. The molecule has 2 atom stereocenters. The second kappa shape index (κ2) is 15.3. The first kappa shape index (κ1) is 25.5. The first-order valence-electron chi connectivity index (χ1n) is 11.4. The summed E-state index contributed by atoms with van der Waals surface area (Å²) in [6.07, 6.45) is 14.1. The number of carbonyl (C=O) groups excluding carboxylic acids is 2. The van der Waals surface area contributed by atoms with Gasteiger partial charge >= 0.3 is 11.9 Å². The number of aliphatic hydroxyl groups excluding tert-OH is 2. The highest BCUT2D eigenvalue weighted by Gasteiger charge is 2.37. The number of cyclic esters (lactones) is 1. The molecular formula is C23H40O6. The normalized spacial score (nSPS) is 17.5. The summed E-state index contributed by atoms with van der Waals surface area (Å²) in [5.74, 6) is -1.34. The van der Waals surface area contributed by atoms with Crippen LogP contribution in [0.3, 0.4) is 0 Å². The highest BCUT2D eigenvalue weighted by Crippen LogP contribution is 2.23. The predicted molar refractivity (Wildman–Crippen MR) is 112 cm³/mol. The van der Waals surface area contributed by atoms with Gasteiger partial charge in [-0.15, -0.1) is 0 Å². The molecule has 1 rings (SSSR count). The van der Waals surface area contributed by atoms with Gasteiger partial charge in [0.15, 0.2) is 6.10 Å². The zero-order valence-corrected chi connectivity index (χ0v) is 18.3. The van der Waals surface area contributed by atoms with E-state index in [1.54, 1.807) is 0 Å². The second-order valence-electron chi connectivity index (χ2n) is 8.08. The molecule has 6 heteroatoms. The van der Waals surface area contributed by atoms with Gasteiger partial charge in [-0.1, -0.05) is 84.0 Å². The Balaban J connectivity index is 1.93. The lowest BCUT2D eigenvalue weighted by Gasteiger charge is -2.17. The van der Waals surface area contributed by atoms with Crippen LogP contribution in [0.15, 0.2) is 11.3 Å². The van der Waals surface area contributed by atoms with Gasteiger partial charge in [0.25, 0.3) is 0 Å². The van der Waals surface area contributed by atoms with E-state index in [2.05, 4.69) is 6.92 Å². The highest BCUT2D eigenvalue weighted by atomic mass is 16.6. The van der Waals surface area contributed by atoms with Gasteiger partial charge in [-0.3, -0.25) is 4.79 Å². The Morgan fingerprint density at radius 2 is 1.45 bits per heavy atom. The number of unbranched alkanes of at least 4 members (excludes halogenated alkanes) is 12. The van der Waals surface area contributed by atoms with Gasteiger partial charge < -0.3 is 19.7 Å². The van der Waals surface area contributed by atoms with Crippen LogP contribution in [0.4, 0.5) is 0 Å². The fourth-order valence-corrected chi connectivity index (χ4v) is 3.46. The Bertz CT molecular complexity index is 513. The van der Waals surface area contributed by atoms with E-state index in [1.807, 2.05) is 0 Å². The van der Waals surface area contributed by atoms with Crippen LogP contribution in [0.2, 0.25) is 0 Å². The Hall–Kier alpha value is -1.56. The molecule has 0 fully saturated rings. The number of carbonyl (C=O) groups is 2. The van der Waals surface area contributed by atoms with Crippen molar-refractivity contribution in [1.29, 1.82) is 0 Å². The van der Waals surface area contributed by atoms with Crippen molar-refractivity contribution in [3.05, 3.63) is 11.3 Å². The summed E-state index contributed by atoms with van der Waals surface area (Å²) >= 11 is 0. The van der Waals surface area contributed by atoms with Crippen LogP contribution in [0.25, 0.3) is 0 Å². The Morgan fingerprint density at radius 1 is 0.966 bits per heavy atom. The zero-order chi connectivity index (χ0) is 21.5. The van der Waals surface area contributed by atoms with E-state index >= 15 is 0 Å². The van der Waals surface area contributed by atoms with Crippen LogP contribution in [0, 0.1) is 0 Å². The van der Waals surface area contributed by atoms with Gasteiger partial charge in [0.05, 0.1) is 5.57 Å². The predicted octanol–water partition coefficient (Wildman–Crippen LogP) is 5.13. The van der Waals surface area contributed by atoms with Crippen molar-refractivity contribution in [2.75, 3.05) is 6.61 Å². The molecule has 0 bridgehead atoms. The number of hydrogen-bond donors (Lipinski definition) is 2. The van der Waals surface area contributed by atoms with Gasteiger partial charge in [0.2, 0.25) is 0 Å². The summed E-state index contributed by atoms with van der Waals surface area (Å²) in [6, 6.07) is 0. The molecular weight excluding hydrogens is 372 g/mol. The monoisotopic (exact) mass is 412 g/mol. The van der Waals surface area contributed by atoms with Gasteiger partial charge in [-0.05, 0) is 13.3 Å². The molecule has 0 saturated heterocycles. The van der Waals surface area contributed by atoms with E-state index in [0.717, 1.165) is 19.3 Å². The topological polar surface area (TPSA) is 93.1 Å². The molecule has 0 aliphatic carbocycles. The Morgan fingerprint density at radius 3 is 1.90 bits per heavy atom. The average Bonchev–Trinajstić information content (AvgIpc) is 2.97. The lowest BCUT2D eigenvalue weighted by molar-refractivity contribution is -0.153. The third kappa shape index (κ3) is 10.7. The van der Waals surface area contributed by atoms with Gasteiger partial charge in [-0.2, -0.15) is 0 Å². The highest BCUT2D eigenvalue weighted by molar-refractivity contribution is 5.91. The van der Waals surface area contributed by atoms with Gasteiger partial charge in [0, 0.05) is 6.42 Å². The van der Waals surface area contributed by atoms with E-state index in [4.69, 9.17) is 9.47 Å². The first-order valence-corrected chi connectivity index (χ1v) is 11.4. The molecule has 29 heavy (non-hydrogen) atoms. The van der Waals surface area contributed by atoms with Crippen LogP contribution in [-0.2, 0) is 19.1 Å². The molecule has 2 unspecified atom stereocenters. The van der Waals surface area contributed by atoms with E-state index in [1.165, 1.54) is 71.1 Å². The van der Waals surface area contributed by atoms with Crippen molar-refractivity contribution in [2.45, 2.75) is 116 Å². The lowest BCUT2D eigenvalue weighted by atomic mass is 10.0. The SMILES string of the molecule is CCCCCCCCCCCCCCCC(=O)OCC(O)C1OC(=O)C(C)=C1O. The van der Waals surface area contributed by atoms with Crippen LogP contribution >= 0.6 is 0 Å². The first-order chi connectivity index (χ1) is 14.0. The minimum absolute atomic E-state index is 0.0763. The number of esters is 2. The number of aliphatic hydroxyl groups is 2. The quantitative estimate of drug-likeness (QED) is 0.254. The molecule has 0 radical (unpaired) electrons. The third-order valence-corrected chi connectivity index (χ3v) is 5.44. The molecule has 1 aliphatic rings. The van der Waals surface area contributed by atoms with Crippen molar-refractivity contribution >= 4 is 11.9 Å². The van der Waals surface area contributed by atoms with Crippen molar-refractivity contribution in [3.8, 4) is 0 Å². The maximum Gasteiger partial charge on any atom is 0.338 e. The van der Waals surface area contributed by atoms with Crippen molar-refractivity contribution in [3.63, 3.8) is 0 Å². The third-order valence-electron chi connectivity index (χ3n) is 5.44. The minimum atomic E-state index is -1.26. The van der Waals surface area contributed by atoms with Crippen LogP contribution in [0.1, 0.15) is 104 Å². The van der Waals surface area contributed by atoms with Crippen molar-refractivity contribution in [1.82, 2.24) is 0 Å². The van der Waals surface area contributed by atoms with Crippen LogP contribution in [-0.4, -0.2) is 41.0 Å². The average molecular weight is 413 g/mol. The maximum absolute atomic E-state index is 11.8. The molecule has 0 amide bonds.